The van der Waals surface area contributed by atoms with E-state index in [4.69, 9.17) is 11.5 Å². The van der Waals surface area contributed by atoms with Crippen molar-refractivity contribution < 1.29 is 4.79 Å². The van der Waals surface area contributed by atoms with E-state index in [0.717, 1.165) is 0 Å². The molecule has 0 aromatic heterocycles. The number of nitrogens with zero attached hydrogens (tertiary/aromatic N) is 1. The molecule has 1 amide bonds. The van der Waals surface area contributed by atoms with Crippen LogP contribution >= 0.6 is 0 Å². The van der Waals surface area contributed by atoms with Crippen LogP contribution in [0.1, 0.15) is 24.2 Å². The first kappa shape index (κ1) is 13.0. The summed E-state index contributed by atoms with van der Waals surface area (Å²) in [5, 5.41) is 2.83. The van der Waals surface area contributed by atoms with Gasteiger partial charge in [-0.15, -0.1) is 0 Å². The van der Waals surface area contributed by atoms with Gasteiger partial charge in [-0.2, -0.15) is 0 Å². The number of hydrogen-bond donors (Lipinski definition) is 3. The van der Waals surface area contributed by atoms with Crippen LogP contribution in [-0.4, -0.2) is 18.4 Å². The summed E-state index contributed by atoms with van der Waals surface area (Å²) in [6, 6.07) is 6.85. The van der Waals surface area contributed by atoms with E-state index in [-0.39, 0.29) is 11.9 Å². The SMILES string of the molecule is CC(C)CNC(=O)c1cccc(N=C(N)N)c1. The molecule has 0 unspecified atom stereocenters. The zero-order chi connectivity index (χ0) is 12.8. The van der Waals surface area contributed by atoms with E-state index in [1.54, 1.807) is 24.3 Å². The van der Waals surface area contributed by atoms with E-state index in [1.807, 2.05) is 13.8 Å². The predicted octanol–water partition coefficient (Wildman–Crippen LogP) is 0.977. The lowest BCUT2D eigenvalue weighted by molar-refractivity contribution is 0.0949. The minimum atomic E-state index is -0.119. The first-order valence-electron chi connectivity index (χ1n) is 5.47. The molecule has 0 aliphatic rings. The van der Waals surface area contributed by atoms with Crippen molar-refractivity contribution in [1.82, 2.24) is 5.32 Å². The third-order valence-electron chi connectivity index (χ3n) is 2.04. The fourth-order valence-electron chi connectivity index (χ4n) is 1.26. The highest BCUT2D eigenvalue weighted by Gasteiger charge is 2.06. The molecule has 5 nitrogen and oxygen atoms in total. The molecule has 1 aromatic carbocycles. The maximum absolute atomic E-state index is 11.8. The van der Waals surface area contributed by atoms with Crippen LogP contribution in [0.4, 0.5) is 5.69 Å². The van der Waals surface area contributed by atoms with Gasteiger partial charge in [0.05, 0.1) is 5.69 Å². The van der Waals surface area contributed by atoms with Crippen LogP contribution in [0.3, 0.4) is 0 Å². The van der Waals surface area contributed by atoms with Crippen molar-refractivity contribution in [1.29, 1.82) is 0 Å². The molecular weight excluding hydrogens is 216 g/mol. The minimum Gasteiger partial charge on any atom is -0.370 e. The Morgan fingerprint density at radius 1 is 1.41 bits per heavy atom. The van der Waals surface area contributed by atoms with Gasteiger partial charge in [0.25, 0.3) is 5.91 Å². The van der Waals surface area contributed by atoms with E-state index in [9.17, 15) is 4.79 Å². The van der Waals surface area contributed by atoms with Crippen molar-refractivity contribution in [3.63, 3.8) is 0 Å². The molecule has 0 aliphatic carbocycles. The first-order valence-corrected chi connectivity index (χ1v) is 5.47. The van der Waals surface area contributed by atoms with Crippen molar-refractivity contribution in [2.75, 3.05) is 6.54 Å². The van der Waals surface area contributed by atoms with Crippen LogP contribution in [0.15, 0.2) is 29.3 Å². The van der Waals surface area contributed by atoms with Crippen LogP contribution < -0.4 is 16.8 Å². The van der Waals surface area contributed by atoms with Gasteiger partial charge in [0.15, 0.2) is 5.96 Å². The van der Waals surface area contributed by atoms with Crippen molar-refractivity contribution in [2.45, 2.75) is 13.8 Å². The summed E-state index contributed by atoms with van der Waals surface area (Å²) in [4.78, 5) is 15.7. The number of carbonyl (C=O) groups excluding carboxylic acids is 1. The summed E-state index contributed by atoms with van der Waals surface area (Å²) in [6.45, 7) is 4.72. The largest absolute Gasteiger partial charge is 0.370 e. The number of hydrogen-bond acceptors (Lipinski definition) is 2. The molecule has 0 aliphatic heterocycles. The Labute approximate surface area is 101 Å². The Morgan fingerprint density at radius 3 is 2.71 bits per heavy atom. The Kier molecular flexibility index (Phi) is 4.51. The van der Waals surface area contributed by atoms with Crippen molar-refractivity contribution in [3.05, 3.63) is 29.8 Å². The van der Waals surface area contributed by atoms with E-state index >= 15 is 0 Å². The second kappa shape index (κ2) is 5.89. The lowest BCUT2D eigenvalue weighted by Crippen LogP contribution is -2.27. The maximum Gasteiger partial charge on any atom is 0.251 e. The van der Waals surface area contributed by atoms with Gasteiger partial charge in [0.1, 0.15) is 0 Å². The highest BCUT2D eigenvalue weighted by atomic mass is 16.1. The molecule has 0 bridgehead atoms. The van der Waals surface area contributed by atoms with Gasteiger partial charge in [-0.05, 0) is 24.1 Å². The van der Waals surface area contributed by atoms with E-state index < -0.39 is 0 Å². The molecule has 1 aromatic rings. The number of amides is 1. The van der Waals surface area contributed by atoms with Gasteiger partial charge < -0.3 is 16.8 Å². The third kappa shape index (κ3) is 4.55. The van der Waals surface area contributed by atoms with Gasteiger partial charge in [-0.3, -0.25) is 4.79 Å². The number of guanidine groups is 1. The lowest BCUT2D eigenvalue weighted by atomic mass is 10.1. The molecule has 0 fully saturated rings. The molecule has 0 radical (unpaired) electrons. The average Bonchev–Trinajstić information content (AvgIpc) is 2.25. The number of carbonyl (C=O) groups is 1. The Balaban J connectivity index is 2.77. The molecule has 1 rings (SSSR count). The lowest BCUT2D eigenvalue weighted by Gasteiger charge is -2.07. The summed E-state index contributed by atoms with van der Waals surface area (Å²) in [6.07, 6.45) is 0. The van der Waals surface area contributed by atoms with Gasteiger partial charge >= 0.3 is 0 Å². The summed E-state index contributed by atoms with van der Waals surface area (Å²) >= 11 is 0. The topological polar surface area (TPSA) is 93.5 Å². The molecule has 0 atom stereocenters. The van der Waals surface area contributed by atoms with E-state index in [2.05, 4.69) is 10.3 Å². The molecular formula is C12H18N4O. The smallest absolute Gasteiger partial charge is 0.251 e. The summed E-state index contributed by atoms with van der Waals surface area (Å²) in [7, 11) is 0. The fourth-order valence-corrected chi connectivity index (χ4v) is 1.26. The summed E-state index contributed by atoms with van der Waals surface area (Å²) in [5.74, 6) is 0.274. The number of rotatable bonds is 4. The third-order valence-corrected chi connectivity index (χ3v) is 2.04. The Morgan fingerprint density at radius 2 is 2.12 bits per heavy atom. The summed E-state index contributed by atoms with van der Waals surface area (Å²) in [5.41, 5.74) is 11.7. The zero-order valence-corrected chi connectivity index (χ0v) is 10.1. The normalized spacial score (nSPS) is 10.1. The van der Waals surface area contributed by atoms with Gasteiger partial charge in [-0.25, -0.2) is 4.99 Å². The Hall–Kier alpha value is -2.04. The van der Waals surface area contributed by atoms with Crippen LogP contribution in [0.25, 0.3) is 0 Å². The number of aliphatic imine (C=N–C) groups is 1. The average molecular weight is 234 g/mol. The second-order valence-electron chi connectivity index (χ2n) is 4.19. The van der Waals surface area contributed by atoms with Crippen molar-refractivity contribution in [3.8, 4) is 0 Å². The standard InChI is InChI=1S/C12H18N4O/c1-8(2)7-15-11(17)9-4-3-5-10(6-9)16-12(13)14/h3-6,8H,7H2,1-2H3,(H,15,17)(H4,13,14,16). The van der Waals surface area contributed by atoms with Crippen molar-refractivity contribution in [2.24, 2.45) is 22.4 Å². The quantitative estimate of drug-likeness (QED) is 0.535. The van der Waals surface area contributed by atoms with E-state index in [0.29, 0.717) is 23.7 Å². The molecule has 17 heavy (non-hydrogen) atoms. The molecule has 92 valence electrons. The van der Waals surface area contributed by atoms with Crippen LogP contribution in [0.5, 0.6) is 0 Å². The molecule has 0 heterocycles. The molecule has 0 saturated carbocycles. The number of nitrogens with one attached hydrogen (secondary N) is 1. The van der Waals surface area contributed by atoms with E-state index in [1.165, 1.54) is 0 Å². The molecule has 0 spiro atoms. The first-order chi connectivity index (χ1) is 7.99. The highest BCUT2D eigenvalue weighted by Crippen LogP contribution is 2.13. The zero-order valence-electron chi connectivity index (χ0n) is 10.1. The van der Waals surface area contributed by atoms with Crippen molar-refractivity contribution >= 4 is 17.6 Å². The molecule has 0 saturated heterocycles. The summed E-state index contributed by atoms with van der Waals surface area (Å²) < 4.78 is 0. The highest BCUT2D eigenvalue weighted by molar-refractivity contribution is 5.95. The fraction of sp³-hybridized carbons (Fsp3) is 0.333. The van der Waals surface area contributed by atoms with Gasteiger partial charge in [0.2, 0.25) is 0 Å². The molecule has 5 N–H and O–H groups in total. The Bertz CT molecular complexity index is 422. The van der Waals surface area contributed by atoms with Crippen LogP contribution in [-0.2, 0) is 0 Å². The molecule has 5 heteroatoms. The minimum absolute atomic E-state index is 0.0234. The van der Waals surface area contributed by atoms with Crippen LogP contribution in [0, 0.1) is 5.92 Å². The van der Waals surface area contributed by atoms with Gasteiger partial charge in [0, 0.05) is 12.1 Å². The number of benzene rings is 1. The number of nitrogens with two attached hydrogens (primary N) is 2. The van der Waals surface area contributed by atoms with Crippen LogP contribution in [0.2, 0.25) is 0 Å². The second-order valence-corrected chi connectivity index (χ2v) is 4.19. The monoisotopic (exact) mass is 234 g/mol. The maximum atomic E-state index is 11.8. The van der Waals surface area contributed by atoms with Gasteiger partial charge in [-0.1, -0.05) is 19.9 Å². The predicted molar refractivity (Wildman–Crippen MR) is 69.1 cm³/mol.